The molecule has 19 heavy (non-hydrogen) atoms. The van der Waals surface area contributed by atoms with E-state index in [1.54, 1.807) is 7.11 Å². The molecule has 0 aliphatic heterocycles. The molecule has 3 heteroatoms. The maximum absolute atomic E-state index is 10.9. The van der Waals surface area contributed by atoms with Crippen LogP contribution in [0.1, 0.15) is 37.7 Å². The van der Waals surface area contributed by atoms with Gasteiger partial charge in [-0.3, -0.25) is 4.79 Å². The number of hydrogen-bond donors (Lipinski definition) is 0. The molecule has 0 heterocycles. The second-order valence-corrected chi connectivity index (χ2v) is 4.78. The van der Waals surface area contributed by atoms with Gasteiger partial charge in [0, 0.05) is 7.11 Å². The molecule has 0 saturated heterocycles. The number of carbonyl (C=O) groups excluding carboxylic acids is 1. The number of benzene rings is 1. The summed E-state index contributed by atoms with van der Waals surface area (Å²) in [5.41, 5.74) is 1.22. The minimum atomic E-state index is -0.0142. The van der Waals surface area contributed by atoms with Crippen LogP contribution in [0.4, 0.5) is 0 Å². The van der Waals surface area contributed by atoms with Crippen molar-refractivity contribution in [1.29, 1.82) is 0 Å². The molecule has 106 valence electrons. The van der Waals surface area contributed by atoms with Crippen molar-refractivity contribution in [3.05, 3.63) is 35.9 Å². The standard InChI is InChI=1S/C8H14O2.C8H10O/c1-10-8(9)7-5-3-2-4-6-7;1-9-7-8-5-3-2-4-6-8/h7H,2-6H2,1H3;2-6H,7H2,1H3. The van der Waals surface area contributed by atoms with Crippen molar-refractivity contribution in [3.63, 3.8) is 0 Å². The van der Waals surface area contributed by atoms with Gasteiger partial charge >= 0.3 is 5.97 Å². The van der Waals surface area contributed by atoms with E-state index >= 15 is 0 Å². The Morgan fingerprint density at radius 3 is 2.26 bits per heavy atom. The van der Waals surface area contributed by atoms with E-state index in [-0.39, 0.29) is 11.9 Å². The first kappa shape index (κ1) is 15.7. The average molecular weight is 264 g/mol. The Kier molecular flexibility index (Phi) is 7.91. The lowest BCUT2D eigenvalue weighted by Gasteiger charge is -2.18. The molecular formula is C16H24O3. The van der Waals surface area contributed by atoms with Gasteiger partial charge in [0.15, 0.2) is 0 Å². The molecule has 0 spiro atoms. The first-order valence-corrected chi connectivity index (χ1v) is 6.88. The lowest BCUT2D eigenvalue weighted by molar-refractivity contribution is -0.146. The Labute approximate surface area is 115 Å². The third-order valence-corrected chi connectivity index (χ3v) is 3.29. The van der Waals surface area contributed by atoms with Gasteiger partial charge in [-0.15, -0.1) is 0 Å². The van der Waals surface area contributed by atoms with Crippen LogP contribution in [0, 0.1) is 5.92 Å². The average Bonchev–Trinajstić information content (AvgIpc) is 2.49. The summed E-state index contributed by atoms with van der Waals surface area (Å²) in [5, 5.41) is 0. The number of rotatable bonds is 3. The van der Waals surface area contributed by atoms with E-state index in [2.05, 4.69) is 4.74 Å². The van der Waals surface area contributed by atoms with Gasteiger partial charge in [0.1, 0.15) is 0 Å². The highest BCUT2D eigenvalue weighted by Crippen LogP contribution is 2.24. The van der Waals surface area contributed by atoms with Crippen molar-refractivity contribution in [2.45, 2.75) is 38.7 Å². The summed E-state index contributed by atoms with van der Waals surface area (Å²) in [5.74, 6) is 0.193. The molecule has 0 bridgehead atoms. The van der Waals surface area contributed by atoms with E-state index in [1.807, 2.05) is 30.3 Å². The first-order chi connectivity index (χ1) is 9.27. The van der Waals surface area contributed by atoms with Crippen molar-refractivity contribution in [2.24, 2.45) is 5.92 Å². The van der Waals surface area contributed by atoms with Crippen LogP contribution < -0.4 is 0 Å². The zero-order valence-electron chi connectivity index (χ0n) is 11.9. The van der Waals surface area contributed by atoms with Crippen LogP contribution >= 0.6 is 0 Å². The largest absolute Gasteiger partial charge is 0.469 e. The summed E-state index contributed by atoms with van der Waals surface area (Å²) in [4.78, 5) is 10.9. The van der Waals surface area contributed by atoms with Gasteiger partial charge in [-0.1, -0.05) is 49.6 Å². The molecule has 1 aliphatic rings. The molecule has 0 amide bonds. The van der Waals surface area contributed by atoms with Gasteiger partial charge in [-0.2, -0.15) is 0 Å². The van der Waals surface area contributed by atoms with E-state index in [0.717, 1.165) is 12.8 Å². The smallest absolute Gasteiger partial charge is 0.308 e. The number of ether oxygens (including phenoxy) is 2. The van der Waals surface area contributed by atoms with Crippen LogP contribution in [-0.2, 0) is 20.9 Å². The number of hydrogen-bond acceptors (Lipinski definition) is 3. The van der Waals surface area contributed by atoms with Crippen LogP contribution in [0.3, 0.4) is 0 Å². The Hall–Kier alpha value is -1.35. The lowest BCUT2D eigenvalue weighted by Crippen LogP contribution is -2.18. The van der Waals surface area contributed by atoms with Crippen LogP contribution in [0.15, 0.2) is 30.3 Å². The highest BCUT2D eigenvalue weighted by Gasteiger charge is 2.20. The van der Waals surface area contributed by atoms with Crippen LogP contribution in [-0.4, -0.2) is 20.2 Å². The Balaban J connectivity index is 0.000000191. The molecule has 1 aliphatic carbocycles. The van der Waals surface area contributed by atoms with Crippen LogP contribution in [0.5, 0.6) is 0 Å². The van der Waals surface area contributed by atoms with E-state index in [0.29, 0.717) is 6.61 Å². The molecular weight excluding hydrogens is 240 g/mol. The quantitative estimate of drug-likeness (QED) is 0.783. The maximum atomic E-state index is 10.9. The molecule has 0 unspecified atom stereocenters. The third-order valence-electron chi connectivity index (χ3n) is 3.29. The predicted octanol–water partition coefficient (Wildman–Crippen LogP) is 3.57. The van der Waals surface area contributed by atoms with Crippen LogP contribution in [0.25, 0.3) is 0 Å². The zero-order chi connectivity index (χ0) is 13.9. The minimum absolute atomic E-state index is 0.0142. The number of carbonyl (C=O) groups is 1. The molecule has 0 N–H and O–H groups in total. The predicted molar refractivity (Wildman–Crippen MR) is 75.7 cm³/mol. The van der Waals surface area contributed by atoms with E-state index in [1.165, 1.54) is 31.9 Å². The minimum Gasteiger partial charge on any atom is -0.469 e. The zero-order valence-corrected chi connectivity index (χ0v) is 11.9. The van der Waals surface area contributed by atoms with E-state index in [9.17, 15) is 4.79 Å². The summed E-state index contributed by atoms with van der Waals surface area (Å²) >= 11 is 0. The summed E-state index contributed by atoms with van der Waals surface area (Å²) in [6.45, 7) is 0.709. The Bertz CT molecular complexity index is 342. The normalized spacial score (nSPS) is 15.3. The van der Waals surface area contributed by atoms with Gasteiger partial charge < -0.3 is 9.47 Å². The Morgan fingerprint density at radius 1 is 1.11 bits per heavy atom. The summed E-state index contributed by atoms with van der Waals surface area (Å²) in [6.07, 6.45) is 5.74. The SMILES string of the molecule is COC(=O)C1CCCCC1.COCc1ccccc1. The molecule has 3 nitrogen and oxygen atoms in total. The van der Waals surface area contributed by atoms with Gasteiger partial charge in [0.25, 0.3) is 0 Å². The topological polar surface area (TPSA) is 35.5 Å². The molecule has 2 rings (SSSR count). The first-order valence-electron chi connectivity index (χ1n) is 6.88. The van der Waals surface area contributed by atoms with Crippen LogP contribution in [0.2, 0.25) is 0 Å². The molecule has 1 fully saturated rings. The summed E-state index contributed by atoms with van der Waals surface area (Å²) < 4.78 is 9.58. The molecule has 0 aromatic heterocycles. The van der Waals surface area contributed by atoms with Gasteiger partial charge in [-0.25, -0.2) is 0 Å². The monoisotopic (exact) mass is 264 g/mol. The van der Waals surface area contributed by atoms with Gasteiger partial charge in [-0.05, 0) is 18.4 Å². The van der Waals surface area contributed by atoms with Gasteiger partial charge in [0.2, 0.25) is 0 Å². The molecule has 1 saturated carbocycles. The molecule has 0 atom stereocenters. The summed E-state index contributed by atoms with van der Waals surface area (Å²) in [6, 6.07) is 10.1. The lowest BCUT2D eigenvalue weighted by atomic mass is 9.89. The van der Waals surface area contributed by atoms with Crippen molar-refractivity contribution in [2.75, 3.05) is 14.2 Å². The highest BCUT2D eigenvalue weighted by molar-refractivity contribution is 5.72. The van der Waals surface area contributed by atoms with E-state index < -0.39 is 0 Å². The van der Waals surface area contributed by atoms with Crippen molar-refractivity contribution in [1.82, 2.24) is 0 Å². The van der Waals surface area contributed by atoms with Crippen molar-refractivity contribution in [3.8, 4) is 0 Å². The Morgan fingerprint density at radius 2 is 1.74 bits per heavy atom. The molecule has 0 radical (unpaired) electrons. The fourth-order valence-corrected chi connectivity index (χ4v) is 2.25. The fourth-order valence-electron chi connectivity index (χ4n) is 2.25. The summed E-state index contributed by atoms with van der Waals surface area (Å²) in [7, 11) is 3.17. The molecule has 1 aromatic carbocycles. The second-order valence-electron chi connectivity index (χ2n) is 4.78. The van der Waals surface area contributed by atoms with Gasteiger partial charge in [0.05, 0.1) is 19.6 Å². The van der Waals surface area contributed by atoms with E-state index in [4.69, 9.17) is 4.74 Å². The number of methoxy groups -OCH3 is 2. The maximum Gasteiger partial charge on any atom is 0.308 e. The van der Waals surface area contributed by atoms with Crippen molar-refractivity contribution < 1.29 is 14.3 Å². The molecule has 1 aromatic rings. The fraction of sp³-hybridized carbons (Fsp3) is 0.562. The van der Waals surface area contributed by atoms with Crippen molar-refractivity contribution >= 4 is 5.97 Å². The number of esters is 1. The second kappa shape index (κ2) is 9.56. The highest BCUT2D eigenvalue weighted by atomic mass is 16.5. The third kappa shape index (κ3) is 6.39.